The summed E-state index contributed by atoms with van der Waals surface area (Å²) in [5.74, 6) is 0.527. The SMILES string of the molecule is CCCCNC(=S)NC(c1cccs1)C(C)C. The lowest BCUT2D eigenvalue weighted by Gasteiger charge is -2.23. The molecule has 17 heavy (non-hydrogen) atoms. The fourth-order valence-corrected chi connectivity index (χ4v) is 2.78. The van der Waals surface area contributed by atoms with Gasteiger partial charge in [0.15, 0.2) is 5.11 Å². The second-order valence-electron chi connectivity index (χ2n) is 4.49. The molecule has 1 heterocycles. The molecule has 96 valence electrons. The molecule has 0 saturated carbocycles. The van der Waals surface area contributed by atoms with Crippen LogP contribution in [0.4, 0.5) is 0 Å². The quantitative estimate of drug-likeness (QED) is 0.609. The lowest BCUT2D eigenvalue weighted by atomic mass is 10.0. The summed E-state index contributed by atoms with van der Waals surface area (Å²) in [6.07, 6.45) is 2.35. The van der Waals surface area contributed by atoms with Crippen LogP contribution in [0.3, 0.4) is 0 Å². The highest BCUT2D eigenvalue weighted by molar-refractivity contribution is 7.80. The molecule has 0 bridgehead atoms. The average Bonchev–Trinajstić information content (AvgIpc) is 2.79. The van der Waals surface area contributed by atoms with Crippen LogP contribution in [0.1, 0.15) is 44.5 Å². The summed E-state index contributed by atoms with van der Waals surface area (Å²) in [6, 6.07) is 4.57. The van der Waals surface area contributed by atoms with Gasteiger partial charge in [-0.05, 0) is 36.0 Å². The van der Waals surface area contributed by atoms with Crippen molar-refractivity contribution in [1.29, 1.82) is 0 Å². The maximum atomic E-state index is 5.32. The molecule has 1 aromatic heterocycles. The molecule has 0 aliphatic rings. The average molecular weight is 270 g/mol. The number of unbranched alkanes of at least 4 members (excludes halogenated alkanes) is 1. The van der Waals surface area contributed by atoms with E-state index in [0.29, 0.717) is 12.0 Å². The van der Waals surface area contributed by atoms with Gasteiger partial charge >= 0.3 is 0 Å². The number of thiocarbonyl (C=S) groups is 1. The van der Waals surface area contributed by atoms with Crippen molar-refractivity contribution in [3.8, 4) is 0 Å². The van der Waals surface area contributed by atoms with Crippen LogP contribution in [-0.4, -0.2) is 11.7 Å². The van der Waals surface area contributed by atoms with E-state index < -0.39 is 0 Å². The highest BCUT2D eigenvalue weighted by Gasteiger charge is 2.17. The molecule has 0 radical (unpaired) electrons. The number of rotatable bonds is 6. The lowest BCUT2D eigenvalue weighted by molar-refractivity contribution is 0.475. The zero-order valence-corrected chi connectivity index (χ0v) is 12.5. The van der Waals surface area contributed by atoms with Crippen LogP contribution in [0.2, 0.25) is 0 Å². The highest BCUT2D eigenvalue weighted by Crippen LogP contribution is 2.25. The molecular formula is C13H22N2S2. The van der Waals surface area contributed by atoms with E-state index >= 15 is 0 Å². The predicted octanol–water partition coefficient (Wildman–Crippen LogP) is 3.71. The standard InChI is InChI=1S/C13H22N2S2/c1-4-5-8-14-13(16)15-12(10(2)3)11-7-6-9-17-11/h6-7,9-10,12H,4-5,8H2,1-3H3,(H2,14,15,16). The molecule has 0 spiro atoms. The summed E-state index contributed by atoms with van der Waals surface area (Å²) >= 11 is 7.10. The fourth-order valence-electron chi connectivity index (χ4n) is 1.61. The van der Waals surface area contributed by atoms with E-state index in [4.69, 9.17) is 12.2 Å². The minimum absolute atomic E-state index is 0.316. The van der Waals surface area contributed by atoms with Crippen molar-refractivity contribution < 1.29 is 0 Å². The molecule has 2 N–H and O–H groups in total. The zero-order chi connectivity index (χ0) is 12.7. The van der Waals surface area contributed by atoms with E-state index in [1.165, 1.54) is 11.3 Å². The highest BCUT2D eigenvalue weighted by atomic mass is 32.1. The second kappa shape index (κ2) is 7.67. The van der Waals surface area contributed by atoms with Gasteiger partial charge < -0.3 is 10.6 Å². The molecule has 0 fully saturated rings. The molecule has 0 aliphatic carbocycles. The molecular weight excluding hydrogens is 248 g/mol. The molecule has 1 atom stereocenters. The van der Waals surface area contributed by atoms with Gasteiger partial charge in [0.05, 0.1) is 6.04 Å². The van der Waals surface area contributed by atoms with E-state index in [-0.39, 0.29) is 0 Å². The summed E-state index contributed by atoms with van der Waals surface area (Å²) in [4.78, 5) is 1.35. The number of hydrogen-bond acceptors (Lipinski definition) is 2. The first-order chi connectivity index (χ1) is 8.15. The smallest absolute Gasteiger partial charge is 0.166 e. The molecule has 1 rings (SSSR count). The number of hydrogen-bond donors (Lipinski definition) is 2. The van der Waals surface area contributed by atoms with Gasteiger partial charge in [-0.2, -0.15) is 0 Å². The largest absolute Gasteiger partial charge is 0.363 e. The summed E-state index contributed by atoms with van der Waals surface area (Å²) < 4.78 is 0. The van der Waals surface area contributed by atoms with Gasteiger partial charge in [-0.3, -0.25) is 0 Å². The van der Waals surface area contributed by atoms with Gasteiger partial charge in [0.1, 0.15) is 0 Å². The van der Waals surface area contributed by atoms with E-state index in [2.05, 4.69) is 48.9 Å². The van der Waals surface area contributed by atoms with Crippen LogP contribution in [0.25, 0.3) is 0 Å². The Balaban J connectivity index is 2.48. The Hall–Kier alpha value is -0.610. The van der Waals surface area contributed by atoms with Crippen LogP contribution in [0, 0.1) is 5.92 Å². The first-order valence-electron chi connectivity index (χ1n) is 6.23. The summed E-state index contributed by atoms with van der Waals surface area (Å²) in [7, 11) is 0. The summed E-state index contributed by atoms with van der Waals surface area (Å²) in [5.41, 5.74) is 0. The Bertz CT molecular complexity index is 320. The number of nitrogens with one attached hydrogen (secondary N) is 2. The van der Waals surface area contributed by atoms with Crippen LogP contribution < -0.4 is 10.6 Å². The Labute approximate surface area is 114 Å². The van der Waals surface area contributed by atoms with Gasteiger partial charge in [-0.25, -0.2) is 0 Å². The minimum Gasteiger partial charge on any atom is -0.363 e. The second-order valence-corrected chi connectivity index (χ2v) is 5.88. The van der Waals surface area contributed by atoms with E-state index in [1.807, 2.05) is 0 Å². The van der Waals surface area contributed by atoms with E-state index in [9.17, 15) is 0 Å². The lowest BCUT2D eigenvalue weighted by Crippen LogP contribution is -2.39. The monoisotopic (exact) mass is 270 g/mol. The van der Waals surface area contributed by atoms with E-state index in [0.717, 1.165) is 18.1 Å². The van der Waals surface area contributed by atoms with Crippen LogP contribution in [0.15, 0.2) is 17.5 Å². The summed E-state index contributed by atoms with van der Waals surface area (Å²) in [6.45, 7) is 7.57. The fraction of sp³-hybridized carbons (Fsp3) is 0.615. The van der Waals surface area contributed by atoms with Crippen molar-refractivity contribution in [1.82, 2.24) is 10.6 Å². The van der Waals surface area contributed by atoms with Crippen LogP contribution in [-0.2, 0) is 0 Å². The third kappa shape index (κ3) is 5.04. The normalized spacial score (nSPS) is 12.5. The molecule has 0 saturated heterocycles. The zero-order valence-electron chi connectivity index (χ0n) is 10.8. The van der Waals surface area contributed by atoms with Crippen LogP contribution >= 0.6 is 23.6 Å². The molecule has 0 aromatic carbocycles. The molecule has 0 aliphatic heterocycles. The molecule has 4 heteroatoms. The Morgan fingerprint density at radius 2 is 2.24 bits per heavy atom. The van der Waals surface area contributed by atoms with Crippen molar-refractivity contribution in [3.05, 3.63) is 22.4 Å². The van der Waals surface area contributed by atoms with Crippen molar-refractivity contribution in [2.75, 3.05) is 6.54 Å². The van der Waals surface area contributed by atoms with Crippen molar-refractivity contribution >= 4 is 28.7 Å². The molecule has 0 amide bonds. The number of thiophene rings is 1. The maximum Gasteiger partial charge on any atom is 0.166 e. The topological polar surface area (TPSA) is 24.1 Å². The molecule has 2 nitrogen and oxygen atoms in total. The van der Waals surface area contributed by atoms with Gasteiger partial charge in [0.2, 0.25) is 0 Å². The maximum absolute atomic E-state index is 5.32. The van der Waals surface area contributed by atoms with Crippen molar-refractivity contribution in [3.63, 3.8) is 0 Å². The minimum atomic E-state index is 0.316. The predicted molar refractivity (Wildman–Crippen MR) is 80.5 cm³/mol. The van der Waals surface area contributed by atoms with E-state index in [1.54, 1.807) is 11.3 Å². The third-order valence-electron chi connectivity index (χ3n) is 2.62. The Kier molecular flexibility index (Phi) is 6.52. The summed E-state index contributed by atoms with van der Waals surface area (Å²) in [5, 5.41) is 9.54. The van der Waals surface area contributed by atoms with Gasteiger partial charge in [-0.1, -0.05) is 33.3 Å². The van der Waals surface area contributed by atoms with Crippen LogP contribution in [0.5, 0.6) is 0 Å². The van der Waals surface area contributed by atoms with Crippen molar-refractivity contribution in [2.45, 2.75) is 39.7 Å². The van der Waals surface area contributed by atoms with Crippen molar-refractivity contribution in [2.24, 2.45) is 5.92 Å². The van der Waals surface area contributed by atoms with Gasteiger partial charge in [0.25, 0.3) is 0 Å². The third-order valence-corrected chi connectivity index (χ3v) is 3.84. The van der Waals surface area contributed by atoms with Gasteiger partial charge in [-0.15, -0.1) is 11.3 Å². The Morgan fingerprint density at radius 1 is 1.47 bits per heavy atom. The molecule has 1 unspecified atom stereocenters. The van der Waals surface area contributed by atoms with Gasteiger partial charge in [0, 0.05) is 11.4 Å². The Morgan fingerprint density at radius 3 is 2.76 bits per heavy atom. The molecule has 1 aromatic rings. The first kappa shape index (κ1) is 14.5. The first-order valence-corrected chi connectivity index (χ1v) is 7.51.